The number of benzene rings is 3. The summed E-state index contributed by atoms with van der Waals surface area (Å²) in [6.45, 7) is 4.03. The summed E-state index contributed by atoms with van der Waals surface area (Å²) in [6, 6.07) is 24.9. The van der Waals surface area contributed by atoms with E-state index in [9.17, 15) is 9.59 Å². The molecule has 37 heavy (non-hydrogen) atoms. The zero-order chi connectivity index (χ0) is 25.9. The predicted molar refractivity (Wildman–Crippen MR) is 142 cm³/mol. The largest absolute Gasteiger partial charge is 0.495 e. The van der Waals surface area contributed by atoms with Crippen molar-refractivity contribution in [1.82, 2.24) is 14.5 Å². The van der Waals surface area contributed by atoms with Gasteiger partial charge in [0.25, 0.3) is 11.5 Å². The second-order valence-electron chi connectivity index (χ2n) is 8.86. The molecule has 0 aliphatic carbocycles. The second-order valence-corrected chi connectivity index (χ2v) is 8.86. The Balaban J connectivity index is 1.74. The van der Waals surface area contributed by atoms with Crippen molar-refractivity contribution in [3.8, 4) is 11.4 Å². The van der Waals surface area contributed by atoms with Crippen molar-refractivity contribution in [2.45, 2.75) is 26.4 Å². The third kappa shape index (κ3) is 4.63. The highest BCUT2D eigenvalue weighted by Crippen LogP contribution is 2.30. The monoisotopic (exact) mass is 493 g/mol. The Morgan fingerprint density at radius 3 is 2.51 bits per heavy atom. The van der Waals surface area contributed by atoms with E-state index in [1.807, 2.05) is 68.4 Å². The average Bonchev–Trinajstić information content (AvgIpc) is 3.45. The van der Waals surface area contributed by atoms with E-state index in [2.05, 4.69) is 0 Å². The van der Waals surface area contributed by atoms with Crippen LogP contribution in [0.5, 0.6) is 5.75 Å². The van der Waals surface area contributed by atoms with Gasteiger partial charge in [-0.2, -0.15) is 0 Å². The lowest BCUT2D eigenvalue weighted by atomic mass is 10.1. The van der Waals surface area contributed by atoms with Crippen molar-refractivity contribution in [3.63, 3.8) is 0 Å². The number of carbonyl (C=O) groups is 1. The Morgan fingerprint density at radius 2 is 1.78 bits per heavy atom. The summed E-state index contributed by atoms with van der Waals surface area (Å²) in [7, 11) is 1.57. The van der Waals surface area contributed by atoms with Crippen LogP contribution in [0.2, 0.25) is 0 Å². The van der Waals surface area contributed by atoms with E-state index >= 15 is 0 Å². The highest BCUT2D eigenvalue weighted by Gasteiger charge is 2.29. The first kappa shape index (κ1) is 24.1. The molecule has 0 bridgehead atoms. The number of para-hydroxylation sites is 1. The molecule has 0 saturated carbocycles. The van der Waals surface area contributed by atoms with Gasteiger partial charge in [-0.1, -0.05) is 36.4 Å². The van der Waals surface area contributed by atoms with Gasteiger partial charge in [-0.15, -0.1) is 0 Å². The molecule has 186 valence electrons. The quantitative estimate of drug-likeness (QED) is 0.291. The lowest BCUT2D eigenvalue weighted by molar-refractivity contribution is 0.0648. The van der Waals surface area contributed by atoms with Crippen LogP contribution in [0, 0.1) is 6.92 Å². The van der Waals surface area contributed by atoms with E-state index < -0.39 is 6.04 Å². The number of fused-ring (bicyclic) bond motifs is 1. The Bertz CT molecular complexity index is 1610. The van der Waals surface area contributed by atoms with Crippen LogP contribution in [0.4, 0.5) is 0 Å². The fourth-order valence-electron chi connectivity index (χ4n) is 4.48. The molecule has 7 heteroatoms. The minimum absolute atomic E-state index is 0.199. The fourth-order valence-corrected chi connectivity index (χ4v) is 4.48. The van der Waals surface area contributed by atoms with Crippen LogP contribution in [0.25, 0.3) is 16.6 Å². The molecule has 1 atom stereocenters. The van der Waals surface area contributed by atoms with Gasteiger partial charge in [0, 0.05) is 5.56 Å². The summed E-state index contributed by atoms with van der Waals surface area (Å²) in [5.74, 6) is 1.38. The van der Waals surface area contributed by atoms with E-state index in [-0.39, 0.29) is 18.0 Å². The van der Waals surface area contributed by atoms with Crippen LogP contribution in [0.1, 0.15) is 40.5 Å². The summed E-state index contributed by atoms with van der Waals surface area (Å²) in [5.41, 5.74) is 2.38. The number of aromatic nitrogens is 2. The third-order valence-electron chi connectivity index (χ3n) is 6.41. The zero-order valence-corrected chi connectivity index (χ0v) is 20.9. The first-order valence-corrected chi connectivity index (χ1v) is 12.0. The van der Waals surface area contributed by atoms with Crippen LogP contribution in [-0.2, 0) is 6.54 Å². The molecule has 2 aromatic heterocycles. The van der Waals surface area contributed by atoms with E-state index in [1.165, 1.54) is 0 Å². The molecule has 0 aliphatic heterocycles. The van der Waals surface area contributed by atoms with Gasteiger partial charge in [0.2, 0.25) is 0 Å². The molecule has 5 aromatic rings. The summed E-state index contributed by atoms with van der Waals surface area (Å²) >= 11 is 0. The van der Waals surface area contributed by atoms with Gasteiger partial charge >= 0.3 is 0 Å². The van der Waals surface area contributed by atoms with Crippen LogP contribution in [0.3, 0.4) is 0 Å². The topological polar surface area (TPSA) is 77.6 Å². The molecule has 1 amide bonds. The highest BCUT2D eigenvalue weighted by atomic mass is 16.5. The van der Waals surface area contributed by atoms with E-state index in [1.54, 1.807) is 53.2 Å². The first-order chi connectivity index (χ1) is 18.0. The molecule has 0 radical (unpaired) electrons. The maximum absolute atomic E-state index is 14.0. The van der Waals surface area contributed by atoms with Gasteiger partial charge in [-0.05, 0) is 67.9 Å². The maximum atomic E-state index is 14.0. The van der Waals surface area contributed by atoms with Gasteiger partial charge in [0.1, 0.15) is 17.3 Å². The molecule has 0 fully saturated rings. The highest BCUT2D eigenvalue weighted by molar-refractivity contribution is 5.94. The van der Waals surface area contributed by atoms with Crippen LogP contribution in [-0.4, -0.2) is 27.5 Å². The number of rotatable bonds is 7. The van der Waals surface area contributed by atoms with Crippen molar-refractivity contribution < 1.29 is 13.9 Å². The Kier molecular flexibility index (Phi) is 6.60. The number of hydrogen-bond acceptors (Lipinski definition) is 5. The summed E-state index contributed by atoms with van der Waals surface area (Å²) in [4.78, 5) is 34.4. The second kappa shape index (κ2) is 10.1. The molecule has 1 unspecified atom stereocenters. The summed E-state index contributed by atoms with van der Waals surface area (Å²) < 4.78 is 12.8. The number of hydrogen-bond donors (Lipinski definition) is 0. The molecule has 0 aliphatic rings. The molecule has 2 heterocycles. The summed E-state index contributed by atoms with van der Waals surface area (Å²) in [5, 5.41) is 0.481. The zero-order valence-electron chi connectivity index (χ0n) is 20.9. The molecule has 0 N–H and O–H groups in total. The van der Waals surface area contributed by atoms with Crippen LogP contribution in [0.15, 0.2) is 100 Å². The van der Waals surface area contributed by atoms with Gasteiger partial charge in [0.05, 0.1) is 42.5 Å². The lowest BCUT2D eigenvalue weighted by Crippen LogP contribution is -2.37. The molecular weight excluding hydrogens is 466 g/mol. The van der Waals surface area contributed by atoms with E-state index in [4.69, 9.17) is 14.1 Å². The Hall–Kier alpha value is -4.65. The van der Waals surface area contributed by atoms with Gasteiger partial charge in [-0.25, -0.2) is 4.98 Å². The lowest BCUT2D eigenvalue weighted by Gasteiger charge is -2.30. The molecule has 3 aromatic carbocycles. The normalized spacial score (nSPS) is 11.9. The molecular formula is C30H27N3O4. The van der Waals surface area contributed by atoms with E-state index in [0.29, 0.717) is 39.5 Å². The third-order valence-corrected chi connectivity index (χ3v) is 6.41. The molecule has 5 rings (SSSR count). The molecule has 7 nitrogen and oxygen atoms in total. The van der Waals surface area contributed by atoms with Gasteiger partial charge in [-0.3, -0.25) is 14.2 Å². The summed E-state index contributed by atoms with van der Waals surface area (Å²) in [6.07, 6.45) is 1.58. The predicted octanol–water partition coefficient (Wildman–Crippen LogP) is 5.70. The minimum Gasteiger partial charge on any atom is -0.495 e. The smallest absolute Gasteiger partial charge is 0.266 e. The Morgan fingerprint density at radius 1 is 1.03 bits per heavy atom. The van der Waals surface area contributed by atoms with Gasteiger partial charge < -0.3 is 14.1 Å². The number of furan rings is 1. The van der Waals surface area contributed by atoms with Crippen molar-refractivity contribution >= 4 is 16.8 Å². The standard InChI is InChI=1S/C30H27N3O4/c1-20-15-16-27(36-3)26(18-20)33-28(31-25-14-8-7-13-24(25)30(33)35)21(2)32(19-23-12-9-17-37-23)29(34)22-10-5-4-6-11-22/h4-18,21H,19H2,1-3H3. The minimum atomic E-state index is -0.597. The van der Waals surface area contributed by atoms with Gasteiger partial charge in [0.15, 0.2) is 0 Å². The number of ether oxygens (including phenoxy) is 1. The number of amides is 1. The number of carbonyl (C=O) groups excluding carboxylic acids is 1. The fraction of sp³-hybridized carbons (Fsp3) is 0.167. The SMILES string of the molecule is COc1ccc(C)cc1-n1c(C(C)N(Cc2ccco2)C(=O)c2ccccc2)nc2ccccc2c1=O. The first-order valence-electron chi connectivity index (χ1n) is 12.0. The number of methoxy groups -OCH3 is 1. The van der Waals surface area contributed by atoms with Crippen molar-refractivity contribution in [3.05, 3.63) is 124 Å². The van der Waals surface area contributed by atoms with Crippen LogP contribution >= 0.6 is 0 Å². The number of aryl methyl sites for hydroxylation is 1. The Labute approximate surface area is 214 Å². The molecule has 0 saturated heterocycles. The average molecular weight is 494 g/mol. The van der Waals surface area contributed by atoms with E-state index in [0.717, 1.165) is 5.56 Å². The van der Waals surface area contributed by atoms with Crippen molar-refractivity contribution in [1.29, 1.82) is 0 Å². The maximum Gasteiger partial charge on any atom is 0.266 e. The van der Waals surface area contributed by atoms with Crippen LogP contribution < -0.4 is 10.3 Å². The number of nitrogens with zero attached hydrogens (tertiary/aromatic N) is 3. The van der Waals surface area contributed by atoms with Crippen molar-refractivity contribution in [2.75, 3.05) is 7.11 Å². The van der Waals surface area contributed by atoms with Crippen molar-refractivity contribution in [2.24, 2.45) is 0 Å². The molecule has 0 spiro atoms.